The van der Waals surface area contributed by atoms with Crippen LogP contribution in [0.15, 0.2) is 42.5 Å². The van der Waals surface area contributed by atoms with Crippen molar-refractivity contribution >= 4 is 17.5 Å². The number of nitrogens with two attached hydrogens (primary N) is 1. The van der Waals surface area contributed by atoms with Crippen molar-refractivity contribution in [1.82, 2.24) is 10.2 Å². The third-order valence-corrected chi connectivity index (χ3v) is 5.24. The van der Waals surface area contributed by atoms with Gasteiger partial charge in [-0.15, -0.1) is 0 Å². The van der Waals surface area contributed by atoms with Gasteiger partial charge in [-0.05, 0) is 62.9 Å². The van der Waals surface area contributed by atoms with Crippen molar-refractivity contribution < 1.29 is 9.59 Å². The van der Waals surface area contributed by atoms with Crippen molar-refractivity contribution in [2.45, 2.75) is 33.1 Å². The number of piperidine rings is 1. The molecular formula is C23H29N3O2. The fourth-order valence-corrected chi connectivity index (χ4v) is 3.82. The van der Waals surface area contributed by atoms with E-state index in [1.807, 2.05) is 55.1 Å². The molecule has 0 saturated carbocycles. The highest BCUT2D eigenvalue weighted by Gasteiger charge is 2.28. The average Bonchev–Trinajstić information content (AvgIpc) is 2.68. The minimum atomic E-state index is -0.143. The Kier molecular flexibility index (Phi) is 6.34. The number of nitrogens with one attached hydrogen (secondary N) is 1. The molecular weight excluding hydrogens is 350 g/mol. The topological polar surface area (TPSA) is 75.4 Å². The van der Waals surface area contributed by atoms with Crippen LogP contribution in [-0.2, 0) is 11.2 Å². The Morgan fingerprint density at radius 1 is 1.11 bits per heavy atom. The van der Waals surface area contributed by atoms with Gasteiger partial charge in [0.2, 0.25) is 5.91 Å². The maximum atomic E-state index is 12.9. The highest BCUT2D eigenvalue weighted by atomic mass is 16.2. The van der Waals surface area contributed by atoms with Gasteiger partial charge in [0.1, 0.15) is 0 Å². The molecule has 1 saturated heterocycles. The number of rotatable bonds is 5. The zero-order valence-electron chi connectivity index (χ0n) is 16.7. The second kappa shape index (κ2) is 8.91. The Hall–Kier alpha value is -2.82. The normalized spacial score (nSPS) is 16.6. The molecule has 2 aromatic carbocycles. The number of nitrogen functional groups attached to an aromatic ring is 1. The van der Waals surface area contributed by atoms with Crippen molar-refractivity contribution in [3.05, 3.63) is 64.7 Å². The standard InChI is InChI=1S/C23H29N3O2/c1-16-12-17(2)14-20(13-16)23(28)26-11-3-4-19(15-26)22(27)25-10-9-18-5-7-21(24)8-6-18/h5-8,12-14,19H,3-4,9-11,15,24H2,1-2H3,(H,25,27). The summed E-state index contributed by atoms with van der Waals surface area (Å²) in [4.78, 5) is 27.3. The van der Waals surface area contributed by atoms with Crippen LogP contribution in [0.4, 0.5) is 5.69 Å². The molecule has 5 nitrogen and oxygen atoms in total. The second-order valence-corrected chi connectivity index (χ2v) is 7.75. The van der Waals surface area contributed by atoms with E-state index in [0.717, 1.165) is 41.6 Å². The van der Waals surface area contributed by atoms with Gasteiger partial charge >= 0.3 is 0 Å². The fourth-order valence-electron chi connectivity index (χ4n) is 3.82. The van der Waals surface area contributed by atoms with Gasteiger partial charge in [0, 0.05) is 30.9 Å². The summed E-state index contributed by atoms with van der Waals surface area (Å²) in [5, 5.41) is 3.02. The van der Waals surface area contributed by atoms with Crippen molar-refractivity contribution in [3.63, 3.8) is 0 Å². The average molecular weight is 380 g/mol. The second-order valence-electron chi connectivity index (χ2n) is 7.75. The molecule has 28 heavy (non-hydrogen) atoms. The maximum Gasteiger partial charge on any atom is 0.253 e. The van der Waals surface area contributed by atoms with E-state index in [0.29, 0.717) is 25.2 Å². The smallest absolute Gasteiger partial charge is 0.253 e. The quantitative estimate of drug-likeness (QED) is 0.784. The molecule has 1 unspecified atom stereocenters. The third-order valence-electron chi connectivity index (χ3n) is 5.24. The van der Waals surface area contributed by atoms with Gasteiger partial charge < -0.3 is 16.0 Å². The van der Waals surface area contributed by atoms with Crippen molar-refractivity contribution in [3.8, 4) is 0 Å². The number of aryl methyl sites for hydroxylation is 2. The lowest BCUT2D eigenvalue weighted by Gasteiger charge is -2.32. The molecule has 1 atom stereocenters. The fraction of sp³-hybridized carbons (Fsp3) is 0.391. The monoisotopic (exact) mass is 379 g/mol. The molecule has 1 aliphatic rings. The van der Waals surface area contributed by atoms with E-state index in [1.54, 1.807) is 0 Å². The van der Waals surface area contributed by atoms with Crippen molar-refractivity contribution in [2.75, 3.05) is 25.4 Å². The number of hydrogen-bond acceptors (Lipinski definition) is 3. The Bertz CT molecular complexity index is 825. The van der Waals surface area contributed by atoms with Gasteiger partial charge in [-0.2, -0.15) is 0 Å². The number of hydrogen-bond donors (Lipinski definition) is 2. The largest absolute Gasteiger partial charge is 0.399 e. The van der Waals surface area contributed by atoms with Gasteiger partial charge in [0.05, 0.1) is 5.92 Å². The number of carbonyl (C=O) groups is 2. The highest BCUT2D eigenvalue weighted by molar-refractivity contribution is 5.95. The van der Waals surface area contributed by atoms with Gasteiger partial charge in [0.15, 0.2) is 0 Å². The molecule has 3 rings (SSSR count). The molecule has 2 aromatic rings. The predicted molar refractivity (Wildman–Crippen MR) is 112 cm³/mol. The molecule has 148 valence electrons. The molecule has 0 aromatic heterocycles. The van der Waals surface area contributed by atoms with Crippen LogP contribution in [0.1, 0.15) is 39.9 Å². The van der Waals surface area contributed by atoms with Crippen LogP contribution in [0.25, 0.3) is 0 Å². The molecule has 1 fully saturated rings. The SMILES string of the molecule is Cc1cc(C)cc(C(=O)N2CCCC(C(=O)NCCc3ccc(N)cc3)C2)c1. The van der Waals surface area contributed by atoms with Gasteiger partial charge in [-0.1, -0.05) is 29.3 Å². The first-order valence-electron chi connectivity index (χ1n) is 9.92. The molecule has 2 amide bonds. The van der Waals surface area contributed by atoms with Crippen LogP contribution < -0.4 is 11.1 Å². The predicted octanol–water partition coefficient (Wildman–Crippen LogP) is 3.10. The van der Waals surface area contributed by atoms with Crippen LogP contribution in [0, 0.1) is 19.8 Å². The van der Waals surface area contributed by atoms with Crippen molar-refractivity contribution in [2.24, 2.45) is 5.92 Å². The molecule has 0 spiro atoms. The van der Waals surface area contributed by atoms with Crippen molar-refractivity contribution in [1.29, 1.82) is 0 Å². The van der Waals surface area contributed by atoms with E-state index in [1.165, 1.54) is 0 Å². The summed E-state index contributed by atoms with van der Waals surface area (Å²) in [7, 11) is 0. The van der Waals surface area contributed by atoms with E-state index >= 15 is 0 Å². The van der Waals surface area contributed by atoms with Gasteiger partial charge in [-0.25, -0.2) is 0 Å². The number of amides is 2. The number of nitrogens with zero attached hydrogens (tertiary/aromatic N) is 1. The van der Waals surface area contributed by atoms with Crippen LogP contribution in [-0.4, -0.2) is 36.3 Å². The third kappa shape index (κ3) is 5.12. The zero-order chi connectivity index (χ0) is 20.1. The first kappa shape index (κ1) is 19.9. The molecule has 3 N–H and O–H groups in total. The molecule has 5 heteroatoms. The van der Waals surface area contributed by atoms with Crippen LogP contribution in [0.5, 0.6) is 0 Å². The minimum absolute atomic E-state index is 0.0196. The lowest BCUT2D eigenvalue weighted by molar-refractivity contribution is -0.126. The Morgan fingerprint density at radius 3 is 2.46 bits per heavy atom. The Morgan fingerprint density at radius 2 is 1.79 bits per heavy atom. The van der Waals surface area contributed by atoms with Gasteiger partial charge in [0.25, 0.3) is 5.91 Å². The number of anilines is 1. The maximum absolute atomic E-state index is 12.9. The molecule has 1 aliphatic heterocycles. The van der Waals surface area contributed by atoms with E-state index in [2.05, 4.69) is 11.4 Å². The number of benzene rings is 2. The number of likely N-dealkylation sites (tertiary alicyclic amines) is 1. The Labute approximate surface area is 166 Å². The summed E-state index contributed by atoms with van der Waals surface area (Å²) >= 11 is 0. The zero-order valence-corrected chi connectivity index (χ0v) is 16.7. The summed E-state index contributed by atoms with van der Waals surface area (Å²) in [6, 6.07) is 13.6. The van der Waals surface area contributed by atoms with Crippen LogP contribution in [0.2, 0.25) is 0 Å². The molecule has 0 radical (unpaired) electrons. The first-order chi connectivity index (χ1) is 13.4. The van der Waals surface area contributed by atoms with Crippen LogP contribution >= 0.6 is 0 Å². The minimum Gasteiger partial charge on any atom is -0.399 e. The van der Waals surface area contributed by atoms with E-state index in [-0.39, 0.29) is 17.7 Å². The first-order valence-corrected chi connectivity index (χ1v) is 9.92. The van der Waals surface area contributed by atoms with E-state index in [4.69, 9.17) is 5.73 Å². The molecule has 0 aliphatic carbocycles. The summed E-state index contributed by atoms with van der Waals surface area (Å²) < 4.78 is 0. The summed E-state index contributed by atoms with van der Waals surface area (Å²) in [6.07, 6.45) is 2.45. The number of carbonyl (C=O) groups excluding carboxylic acids is 2. The van der Waals surface area contributed by atoms with Crippen LogP contribution in [0.3, 0.4) is 0 Å². The summed E-state index contributed by atoms with van der Waals surface area (Å²) in [5.74, 6) is -0.0884. The lowest BCUT2D eigenvalue weighted by atomic mass is 9.96. The van der Waals surface area contributed by atoms with E-state index in [9.17, 15) is 9.59 Å². The van der Waals surface area contributed by atoms with E-state index < -0.39 is 0 Å². The molecule has 0 bridgehead atoms. The summed E-state index contributed by atoms with van der Waals surface area (Å²) in [5.41, 5.74) is 10.4. The lowest BCUT2D eigenvalue weighted by Crippen LogP contribution is -2.45. The highest BCUT2D eigenvalue weighted by Crippen LogP contribution is 2.20. The molecule has 1 heterocycles. The summed E-state index contributed by atoms with van der Waals surface area (Å²) in [6.45, 7) is 5.78. The van der Waals surface area contributed by atoms with Gasteiger partial charge in [-0.3, -0.25) is 9.59 Å². The Balaban J connectivity index is 1.54.